The number of nitrogens with one attached hydrogen (secondary N) is 2. The number of carbonyl (C=O) groups excluding carboxylic acids is 2. The number of ether oxygens (including phenoxy) is 1. The normalized spacial score (nSPS) is 19.2. The molecule has 156 valence electrons. The quantitative estimate of drug-likeness (QED) is 0.631. The molecule has 6 heteroatoms. The summed E-state index contributed by atoms with van der Waals surface area (Å²) in [6, 6.07) is 23.3. The van der Waals surface area contributed by atoms with Crippen molar-refractivity contribution in [2.24, 2.45) is 0 Å². The van der Waals surface area contributed by atoms with E-state index in [1.807, 2.05) is 79.9 Å². The van der Waals surface area contributed by atoms with Gasteiger partial charge in [-0.25, -0.2) is 0 Å². The zero-order valence-electron chi connectivity index (χ0n) is 17.4. The van der Waals surface area contributed by atoms with Gasteiger partial charge in [-0.1, -0.05) is 60.2 Å². The summed E-state index contributed by atoms with van der Waals surface area (Å²) in [6.07, 6.45) is 1.83. The number of hydrazine groups is 1. The minimum atomic E-state index is -0.763. The Kier molecular flexibility index (Phi) is 5.80. The summed E-state index contributed by atoms with van der Waals surface area (Å²) in [7, 11) is 1.61. The maximum absolute atomic E-state index is 12.9. The zero-order valence-corrected chi connectivity index (χ0v) is 17.4. The second-order valence-electron chi connectivity index (χ2n) is 7.43. The van der Waals surface area contributed by atoms with Crippen LogP contribution in [0.15, 0.2) is 78.9 Å². The van der Waals surface area contributed by atoms with E-state index in [1.165, 1.54) is 0 Å². The SMILES string of the molecule is COc1ccccc1/C=[N+]1\NC(=O)[C@@H](NC(=O)c2cccc(C)c2)[C@H]1c1ccccc1. The fraction of sp³-hybridized carbons (Fsp3) is 0.160. The molecule has 0 unspecified atom stereocenters. The van der Waals surface area contributed by atoms with E-state index in [2.05, 4.69) is 10.7 Å². The van der Waals surface area contributed by atoms with Crippen molar-refractivity contribution in [3.8, 4) is 5.75 Å². The molecule has 1 fully saturated rings. The van der Waals surface area contributed by atoms with Crippen LogP contribution in [-0.2, 0) is 4.79 Å². The van der Waals surface area contributed by atoms with Gasteiger partial charge in [-0.2, -0.15) is 0 Å². The smallest absolute Gasteiger partial charge is 0.304 e. The lowest BCUT2D eigenvalue weighted by Crippen LogP contribution is -2.42. The Morgan fingerprint density at radius 2 is 1.77 bits per heavy atom. The van der Waals surface area contributed by atoms with Crippen LogP contribution in [0, 0.1) is 6.92 Å². The minimum absolute atomic E-state index is 0.277. The monoisotopic (exact) mass is 414 g/mol. The Balaban J connectivity index is 1.72. The van der Waals surface area contributed by atoms with Crippen molar-refractivity contribution >= 4 is 18.0 Å². The molecule has 1 heterocycles. The highest BCUT2D eigenvalue weighted by Gasteiger charge is 2.47. The molecule has 0 bridgehead atoms. The molecule has 6 nitrogen and oxygen atoms in total. The lowest BCUT2D eigenvalue weighted by Gasteiger charge is -2.15. The van der Waals surface area contributed by atoms with Crippen LogP contribution in [0.5, 0.6) is 5.75 Å². The second kappa shape index (κ2) is 8.83. The highest BCUT2D eigenvalue weighted by Crippen LogP contribution is 2.26. The average molecular weight is 414 g/mol. The highest BCUT2D eigenvalue weighted by atomic mass is 16.5. The summed E-state index contributed by atoms with van der Waals surface area (Å²) in [4.78, 5) is 25.8. The standard InChI is InChI=1S/C25H23N3O3/c1-17-9-8-13-19(15-17)24(29)26-22-23(18-10-4-3-5-11-18)28(27-25(22)30)16-20-12-6-7-14-21(20)31-2/h3-16,22-23H,1-2H3,(H-,26,27,29,30)/p+1/b28-16-/t22-,23+/m0/s1. The highest BCUT2D eigenvalue weighted by molar-refractivity contribution is 5.98. The Labute approximate surface area is 181 Å². The summed E-state index contributed by atoms with van der Waals surface area (Å²) in [5.41, 5.74) is 6.11. The summed E-state index contributed by atoms with van der Waals surface area (Å²) in [5, 5.41) is 2.92. The number of methoxy groups -OCH3 is 1. The molecule has 2 amide bonds. The van der Waals surface area contributed by atoms with Gasteiger partial charge in [-0.15, -0.1) is 10.1 Å². The van der Waals surface area contributed by atoms with Gasteiger partial charge in [-0.05, 0) is 31.2 Å². The van der Waals surface area contributed by atoms with Gasteiger partial charge in [0.1, 0.15) is 5.75 Å². The molecule has 0 spiro atoms. The van der Waals surface area contributed by atoms with Gasteiger partial charge in [0.25, 0.3) is 5.91 Å². The average Bonchev–Trinajstić information content (AvgIpc) is 3.09. The molecule has 2 atom stereocenters. The summed E-state index contributed by atoms with van der Waals surface area (Å²) < 4.78 is 7.18. The molecule has 1 aliphatic heterocycles. The van der Waals surface area contributed by atoms with E-state index in [4.69, 9.17) is 4.74 Å². The molecule has 1 aliphatic rings. The van der Waals surface area contributed by atoms with E-state index in [0.29, 0.717) is 11.3 Å². The van der Waals surface area contributed by atoms with Gasteiger partial charge in [0.15, 0.2) is 6.04 Å². The second-order valence-corrected chi connectivity index (χ2v) is 7.43. The fourth-order valence-corrected chi connectivity index (χ4v) is 3.76. The Hall–Kier alpha value is -3.93. The number of hydrogen-bond acceptors (Lipinski definition) is 3. The molecule has 2 N–H and O–H groups in total. The Morgan fingerprint density at radius 1 is 1.03 bits per heavy atom. The van der Waals surface area contributed by atoms with Crippen molar-refractivity contribution in [1.29, 1.82) is 0 Å². The molecular formula is C25H24N3O3+. The molecule has 1 saturated heterocycles. The van der Waals surface area contributed by atoms with Gasteiger partial charge >= 0.3 is 5.91 Å². The zero-order chi connectivity index (χ0) is 21.8. The van der Waals surface area contributed by atoms with E-state index in [0.717, 1.165) is 16.7 Å². The molecule has 0 radical (unpaired) electrons. The topological polar surface area (TPSA) is 70.4 Å². The first kappa shape index (κ1) is 20.3. The number of para-hydroxylation sites is 1. The third-order valence-corrected chi connectivity index (χ3v) is 5.26. The summed E-state index contributed by atoms with van der Waals surface area (Å²) >= 11 is 0. The molecule has 3 aromatic rings. The van der Waals surface area contributed by atoms with Crippen molar-refractivity contribution in [3.63, 3.8) is 0 Å². The lowest BCUT2D eigenvalue weighted by molar-refractivity contribution is -0.596. The number of hydrazone groups is 1. The van der Waals surface area contributed by atoms with Crippen LogP contribution in [0.2, 0.25) is 0 Å². The van der Waals surface area contributed by atoms with E-state index in [1.54, 1.807) is 23.9 Å². The van der Waals surface area contributed by atoms with Crippen LogP contribution >= 0.6 is 0 Å². The maximum atomic E-state index is 12.9. The molecule has 0 saturated carbocycles. The predicted octanol–water partition coefficient (Wildman–Crippen LogP) is 3.02. The van der Waals surface area contributed by atoms with Crippen molar-refractivity contribution in [1.82, 2.24) is 10.7 Å². The molecular weight excluding hydrogens is 390 g/mol. The third-order valence-electron chi connectivity index (χ3n) is 5.26. The van der Waals surface area contributed by atoms with Crippen LogP contribution < -0.4 is 15.5 Å². The number of rotatable bonds is 5. The van der Waals surface area contributed by atoms with Crippen molar-refractivity contribution in [3.05, 3.63) is 101 Å². The summed E-state index contributed by atoms with van der Waals surface area (Å²) in [6.45, 7) is 1.93. The van der Waals surface area contributed by atoms with Crippen molar-refractivity contribution < 1.29 is 19.0 Å². The van der Waals surface area contributed by atoms with Crippen molar-refractivity contribution in [2.45, 2.75) is 19.0 Å². The van der Waals surface area contributed by atoms with Crippen LogP contribution in [0.4, 0.5) is 0 Å². The number of benzene rings is 3. The van der Waals surface area contributed by atoms with E-state index < -0.39 is 12.1 Å². The molecule has 0 aromatic heterocycles. The van der Waals surface area contributed by atoms with Gasteiger partial charge in [0.2, 0.25) is 12.3 Å². The maximum Gasteiger partial charge on any atom is 0.304 e. The van der Waals surface area contributed by atoms with Crippen LogP contribution in [0.3, 0.4) is 0 Å². The Bertz CT molecular complexity index is 1140. The molecule has 0 aliphatic carbocycles. The molecule has 4 rings (SSSR count). The molecule has 31 heavy (non-hydrogen) atoms. The largest absolute Gasteiger partial charge is 0.496 e. The first-order chi connectivity index (χ1) is 15.1. The number of hydrogen-bond donors (Lipinski definition) is 2. The first-order valence-corrected chi connectivity index (χ1v) is 10.1. The number of carbonyl (C=O) groups is 2. The summed E-state index contributed by atoms with van der Waals surface area (Å²) in [5.74, 6) is 0.126. The van der Waals surface area contributed by atoms with Gasteiger partial charge in [-0.3, -0.25) is 9.59 Å². The minimum Gasteiger partial charge on any atom is -0.496 e. The Morgan fingerprint density at radius 3 is 2.52 bits per heavy atom. The van der Waals surface area contributed by atoms with E-state index in [9.17, 15) is 9.59 Å². The number of amides is 2. The number of aryl methyl sites for hydroxylation is 1. The van der Waals surface area contributed by atoms with Crippen LogP contribution in [-0.4, -0.2) is 35.9 Å². The van der Waals surface area contributed by atoms with Crippen molar-refractivity contribution in [2.75, 3.05) is 7.11 Å². The fourth-order valence-electron chi connectivity index (χ4n) is 3.76. The predicted molar refractivity (Wildman–Crippen MR) is 118 cm³/mol. The van der Waals surface area contributed by atoms with E-state index >= 15 is 0 Å². The van der Waals surface area contributed by atoms with Gasteiger partial charge < -0.3 is 10.1 Å². The third kappa shape index (κ3) is 4.33. The molecule has 3 aromatic carbocycles. The van der Waals surface area contributed by atoms with E-state index in [-0.39, 0.29) is 11.8 Å². The van der Waals surface area contributed by atoms with Gasteiger partial charge in [0, 0.05) is 11.1 Å². The van der Waals surface area contributed by atoms with Gasteiger partial charge in [0.05, 0.1) is 12.7 Å². The van der Waals surface area contributed by atoms with Crippen LogP contribution in [0.1, 0.15) is 33.1 Å². The lowest BCUT2D eigenvalue weighted by atomic mass is 9.99. The van der Waals surface area contributed by atoms with Crippen LogP contribution in [0.25, 0.3) is 0 Å². The number of nitrogens with zero attached hydrogens (tertiary/aromatic N) is 1. The first-order valence-electron chi connectivity index (χ1n) is 10.1.